The van der Waals surface area contributed by atoms with Crippen molar-refractivity contribution >= 4 is 17.7 Å². The molecule has 0 fully saturated rings. The van der Waals surface area contributed by atoms with Crippen LogP contribution in [0.4, 0.5) is 0 Å². The van der Waals surface area contributed by atoms with Crippen LogP contribution in [0, 0.1) is 13.8 Å². The molecule has 1 heterocycles. The number of carbonyl (C=O) groups excluding carboxylic acids is 1. The van der Waals surface area contributed by atoms with Crippen molar-refractivity contribution in [2.75, 3.05) is 20.5 Å². The number of aromatic nitrogens is 2. The molecule has 1 aromatic carbocycles. The summed E-state index contributed by atoms with van der Waals surface area (Å²) >= 11 is 1.52. The van der Waals surface area contributed by atoms with Gasteiger partial charge < -0.3 is 14.8 Å². The fraction of sp³-hybridized carbons (Fsp3) is 0.450. The molecule has 0 radical (unpaired) electrons. The van der Waals surface area contributed by atoms with Gasteiger partial charge >= 0.3 is 0 Å². The van der Waals surface area contributed by atoms with E-state index in [-0.39, 0.29) is 11.9 Å². The molecule has 7 heteroatoms. The van der Waals surface area contributed by atoms with Gasteiger partial charge in [-0.2, -0.15) is 0 Å². The quantitative estimate of drug-likeness (QED) is 0.549. The Morgan fingerprint density at radius 1 is 1.19 bits per heavy atom. The van der Waals surface area contributed by atoms with Crippen molar-refractivity contribution in [2.45, 2.75) is 44.8 Å². The van der Waals surface area contributed by atoms with Gasteiger partial charge in [0.2, 0.25) is 5.91 Å². The molecule has 0 spiro atoms. The molecule has 0 aliphatic heterocycles. The third-order valence-corrected chi connectivity index (χ3v) is 5.01. The van der Waals surface area contributed by atoms with E-state index in [1.54, 1.807) is 14.2 Å². The van der Waals surface area contributed by atoms with Gasteiger partial charge in [-0.05, 0) is 57.2 Å². The predicted octanol–water partition coefficient (Wildman–Crippen LogP) is 3.64. The lowest BCUT2D eigenvalue weighted by atomic mass is 10.0. The van der Waals surface area contributed by atoms with Crippen LogP contribution in [0.15, 0.2) is 23.4 Å². The number of carbonyl (C=O) groups is 1. The molecule has 1 aromatic heterocycles. The first-order valence-corrected chi connectivity index (χ1v) is 10.0. The van der Waals surface area contributed by atoms with Gasteiger partial charge in [-0.1, -0.05) is 11.8 Å². The van der Waals surface area contributed by atoms with Crippen LogP contribution in [0.3, 0.4) is 0 Å². The number of methoxy groups -OCH3 is 2. The van der Waals surface area contributed by atoms with E-state index in [9.17, 15) is 4.79 Å². The normalized spacial score (nSPS) is 11.8. The molecule has 1 N–H and O–H groups in total. The Kier molecular flexibility index (Phi) is 7.47. The second-order valence-electron chi connectivity index (χ2n) is 6.26. The van der Waals surface area contributed by atoms with Crippen LogP contribution in [0.5, 0.6) is 11.5 Å². The van der Waals surface area contributed by atoms with Gasteiger partial charge in [0.1, 0.15) is 11.5 Å². The standard InChI is InChI=1S/C20H27N3O3S/c1-12-16(13(2)23-20(22-12)27-6)8-10-19(24)21-14(3)17-11-15(25-4)7-9-18(17)26-5/h7,9,11,14H,8,10H2,1-6H3,(H,21,24)/t14-/m1/s1. The van der Waals surface area contributed by atoms with Crippen molar-refractivity contribution in [3.05, 3.63) is 40.7 Å². The van der Waals surface area contributed by atoms with Gasteiger partial charge in [-0.15, -0.1) is 0 Å². The Hall–Kier alpha value is -2.28. The molecule has 1 amide bonds. The molecule has 1 atom stereocenters. The van der Waals surface area contributed by atoms with Gasteiger partial charge in [-0.25, -0.2) is 9.97 Å². The van der Waals surface area contributed by atoms with Crippen molar-refractivity contribution in [2.24, 2.45) is 0 Å². The van der Waals surface area contributed by atoms with E-state index in [0.29, 0.717) is 12.8 Å². The number of ether oxygens (including phenoxy) is 2. The Labute approximate surface area is 165 Å². The summed E-state index contributed by atoms with van der Waals surface area (Å²) in [6.07, 6.45) is 2.94. The minimum atomic E-state index is -0.195. The first-order chi connectivity index (χ1) is 12.9. The highest BCUT2D eigenvalue weighted by Gasteiger charge is 2.16. The average molecular weight is 390 g/mol. The summed E-state index contributed by atoms with van der Waals surface area (Å²) < 4.78 is 10.7. The molecule has 2 rings (SSSR count). The van der Waals surface area contributed by atoms with Gasteiger partial charge in [0.15, 0.2) is 5.16 Å². The molecule has 0 aliphatic rings. The number of thioether (sulfide) groups is 1. The topological polar surface area (TPSA) is 73.3 Å². The van der Waals surface area contributed by atoms with Crippen LogP contribution in [0.2, 0.25) is 0 Å². The van der Waals surface area contributed by atoms with Crippen molar-refractivity contribution in [3.8, 4) is 11.5 Å². The monoisotopic (exact) mass is 389 g/mol. The molecule has 146 valence electrons. The third kappa shape index (κ3) is 5.35. The van der Waals surface area contributed by atoms with Gasteiger partial charge in [-0.3, -0.25) is 4.79 Å². The highest BCUT2D eigenvalue weighted by molar-refractivity contribution is 7.98. The van der Waals surface area contributed by atoms with Crippen LogP contribution in [-0.4, -0.2) is 36.4 Å². The maximum Gasteiger partial charge on any atom is 0.220 e. The fourth-order valence-electron chi connectivity index (χ4n) is 2.97. The average Bonchev–Trinajstić information content (AvgIpc) is 2.66. The molecule has 27 heavy (non-hydrogen) atoms. The summed E-state index contributed by atoms with van der Waals surface area (Å²) in [5.74, 6) is 1.42. The molecule has 0 saturated carbocycles. The molecular formula is C20H27N3O3S. The summed E-state index contributed by atoms with van der Waals surface area (Å²) in [6, 6.07) is 5.36. The number of aryl methyl sites for hydroxylation is 2. The van der Waals surface area contributed by atoms with E-state index >= 15 is 0 Å². The van der Waals surface area contributed by atoms with E-state index in [1.807, 2.05) is 45.2 Å². The zero-order valence-electron chi connectivity index (χ0n) is 16.8. The Morgan fingerprint density at radius 3 is 2.41 bits per heavy atom. The summed E-state index contributed by atoms with van der Waals surface area (Å²) in [4.78, 5) is 21.4. The van der Waals surface area contributed by atoms with E-state index in [0.717, 1.165) is 39.2 Å². The third-order valence-electron chi connectivity index (χ3n) is 4.47. The number of nitrogens with one attached hydrogen (secondary N) is 1. The second-order valence-corrected chi connectivity index (χ2v) is 7.03. The lowest BCUT2D eigenvalue weighted by Crippen LogP contribution is -2.27. The molecule has 6 nitrogen and oxygen atoms in total. The van der Waals surface area contributed by atoms with Crippen LogP contribution < -0.4 is 14.8 Å². The number of rotatable bonds is 8. The molecule has 0 unspecified atom stereocenters. The Bertz CT molecular complexity index is 788. The van der Waals surface area contributed by atoms with Crippen molar-refractivity contribution in [1.29, 1.82) is 0 Å². The molecular weight excluding hydrogens is 362 g/mol. The maximum absolute atomic E-state index is 12.5. The summed E-state index contributed by atoms with van der Waals surface area (Å²) in [6.45, 7) is 5.86. The molecule has 2 aromatic rings. The van der Waals surface area contributed by atoms with E-state index in [2.05, 4.69) is 15.3 Å². The zero-order valence-corrected chi connectivity index (χ0v) is 17.6. The Morgan fingerprint density at radius 2 is 1.85 bits per heavy atom. The number of hydrogen-bond acceptors (Lipinski definition) is 6. The van der Waals surface area contributed by atoms with Crippen LogP contribution in [0.1, 0.15) is 41.9 Å². The van der Waals surface area contributed by atoms with E-state index in [4.69, 9.17) is 9.47 Å². The van der Waals surface area contributed by atoms with Gasteiger partial charge in [0.05, 0.1) is 20.3 Å². The largest absolute Gasteiger partial charge is 0.497 e. The van der Waals surface area contributed by atoms with Crippen molar-refractivity contribution in [3.63, 3.8) is 0 Å². The second kappa shape index (κ2) is 9.60. The number of hydrogen-bond donors (Lipinski definition) is 1. The number of benzene rings is 1. The van der Waals surface area contributed by atoms with Crippen LogP contribution >= 0.6 is 11.8 Å². The number of amides is 1. The first-order valence-electron chi connectivity index (χ1n) is 8.79. The SMILES string of the molecule is COc1ccc(OC)c([C@@H](C)NC(=O)CCc2c(C)nc(SC)nc2C)c1. The summed E-state index contributed by atoms with van der Waals surface area (Å²) in [5.41, 5.74) is 3.78. The van der Waals surface area contributed by atoms with Gasteiger partial charge in [0, 0.05) is 23.4 Å². The zero-order chi connectivity index (χ0) is 20.0. The fourth-order valence-corrected chi connectivity index (χ4v) is 3.43. The van der Waals surface area contributed by atoms with E-state index in [1.165, 1.54) is 11.8 Å². The summed E-state index contributed by atoms with van der Waals surface area (Å²) in [7, 11) is 3.23. The van der Waals surface area contributed by atoms with Crippen molar-refractivity contribution in [1.82, 2.24) is 15.3 Å². The number of nitrogens with zero attached hydrogens (tertiary/aromatic N) is 2. The molecule has 0 saturated heterocycles. The van der Waals surface area contributed by atoms with Crippen LogP contribution in [0.25, 0.3) is 0 Å². The van der Waals surface area contributed by atoms with Gasteiger partial charge in [0.25, 0.3) is 0 Å². The minimum absolute atomic E-state index is 0.0277. The smallest absolute Gasteiger partial charge is 0.220 e. The lowest BCUT2D eigenvalue weighted by molar-refractivity contribution is -0.121. The predicted molar refractivity (Wildman–Crippen MR) is 108 cm³/mol. The Balaban J connectivity index is 2.04. The molecule has 0 aliphatic carbocycles. The van der Waals surface area contributed by atoms with Crippen molar-refractivity contribution < 1.29 is 14.3 Å². The highest BCUT2D eigenvalue weighted by atomic mass is 32.2. The van der Waals surface area contributed by atoms with Crippen LogP contribution in [-0.2, 0) is 11.2 Å². The maximum atomic E-state index is 12.5. The van der Waals surface area contributed by atoms with E-state index < -0.39 is 0 Å². The minimum Gasteiger partial charge on any atom is -0.497 e. The molecule has 0 bridgehead atoms. The summed E-state index contributed by atoms with van der Waals surface area (Å²) in [5, 5.41) is 3.80. The first kappa shape index (κ1) is 21.0. The highest BCUT2D eigenvalue weighted by Crippen LogP contribution is 2.29. The lowest BCUT2D eigenvalue weighted by Gasteiger charge is -2.18.